The molecular weight excluding hydrogens is 218 g/mol. The smallest absolute Gasteiger partial charge is 1.00 e. The predicted molar refractivity (Wildman–Crippen MR) is 37.3 cm³/mol. The summed E-state index contributed by atoms with van der Waals surface area (Å²) in [6, 6.07) is 0. The molecule has 0 spiro atoms. The molecule has 0 radical (unpaired) electrons. The van der Waals surface area contributed by atoms with Crippen LogP contribution in [0.1, 0.15) is 2.85 Å². The van der Waals surface area contributed by atoms with Crippen molar-refractivity contribution < 1.29 is 50.3 Å². The van der Waals surface area contributed by atoms with E-state index in [4.69, 9.17) is 19.2 Å². The zero-order valence-corrected chi connectivity index (χ0v) is 6.25. The van der Waals surface area contributed by atoms with Crippen molar-refractivity contribution in [2.75, 3.05) is 0 Å². The van der Waals surface area contributed by atoms with E-state index in [2.05, 4.69) is 0 Å². The Bertz CT molecular complexity index is 74.0. The molecule has 0 bridgehead atoms. The number of hydrogen-bond acceptors (Lipinski definition) is 1. The topological polar surface area (TPSA) is 77.8 Å². The van der Waals surface area contributed by atoms with Crippen LogP contribution < -0.4 is 0 Å². The van der Waals surface area contributed by atoms with E-state index >= 15 is 0 Å². The first-order valence-electron chi connectivity index (χ1n) is 0.783. The summed E-state index contributed by atoms with van der Waals surface area (Å²) in [6.07, 6.45) is 0. The minimum Gasteiger partial charge on any atom is -1.00 e. The Hall–Kier alpha value is -0.141. The summed E-state index contributed by atoms with van der Waals surface area (Å²) in [7, 11) is -4.64. The second-order valence-electron chi connectivity index (χ2n) is 0.513. The fourth-order valence-corrected chi connectivity index (χ4v) is 0. The molecule has 84 valence electrons. The molecule has 0 saturated heterocycles. The minimum absolute atomic E-state index is 0. The molecule has 0 heterocycles. The molecule has 0 aromatic rings. The molecule has 0 unspecified atom stereocenters. The molecule has 3 N–H and O–H groups in total. The molecule has 0 amide bonds. The van der Waals surface area contributed by atoms with Crippen molar-refractivity contribution in [1.29, 1.82) is 0 Å². The van der Waals surface area contributed by atoms with Gasteiger partial charge in [-0.2, -0.15) is 0 Å². The summed E-state index contributed by atoms with van der Waals surface area (Å²) < 4.78 is 8.88. The van der Waals surface area contributed by atoms with Crippen LogP contribution in [0.2, 0.25) is 0 Å². The second-order valence-corrected chi connectivity index (χ2v) is 1.54. The third kappa shape index (κ3) is 38800. The largest absolute Gasteiger partial charge is 2.00 e. The fraction of sp³-hybridized carbons (Fsp3) is 0. The third-order valence-corrected chi connectivity index (χ3v) is 0. The van der Waals surface area contributed by atoms with Gasteiger partial charge in [0, 0.05) is 0 Å². The van der Waals surface area contributed by atoms with Crippen LogP contribution >= 0.6 is 7.82 Å². The zero-order valence-electron chi connectivity index (χ0n) is 7.35. The van der Waals surface area contributed by atoms with E-state index in [0.29, 0.717) is 0 Å². The average molecular weight is 229 g/mol. The Morgan fingerprint density at radius 1 is 0.750 bits per heavy atom. The quantitative estimate of drug-likeness (QED) is 0.306. The average Bonchev–Trinajstić information content (AvgIpc) is 0.722. The van der Waals surface area contributed by atoms with E-state index in [0.717, 1.165) is 0 Å². The Kier molecular flexibility index (Phi) is 241. The Morgan fingerprint density at radius 2 is 0.750 bits per heavy atom. The van der Waals surface area contributed by atoms with Crippen molar-refractivity contribution in [1.82, 2.24) is 0 Å². The van der Waals surface area contributed by atoms with Crippen LogP contribution in [0.3, 0.4) is 0 Å². The van der Waals surface area contributed by atoms with Crippen molar-refractivity contribution in [2.45, 2.75) is 0 Å². The Balaban J connectivity index is -0.00000000222. The van der Waals surface area contributed by atoms with Gasteiger partial charge in [0.25, 0.3) is 0 Å². The van der Waals surface area contributed by atoms with Crippen LogP contribution in [-0.2, 0) is 4.57 Å². The molecule has 12 heavy (non-hydrogen) atoms. The first-order chi connectivity index (χ1) is 2.00. The molecule has 12 heteroatoms. The first-order valence-corrected chi connectivity index (χ1v) is 2.35. The van der Waals surface area contributed by atoms with Gasteiger partial charge in [0.15, 0.2) is 0 Å². The van der Waals surface area contributed by atoms with Crippen molar-refractivity contribution in [3.63, 3.8) is 0 Å². The molecule has 0 aliphatic rings. The van der Waals surface area contributed by atoms with Crippen molar-refractivity contribution in [2.24, 2.45) is 0 Å². The molecule has 0 fully saturated rings. The van der Waals surface area contributed by atoms with Gasteiger partial charge < -0.3 is 17.5 Å². The van der Waals surface area contributed by atoms with E-state index in [9.17, 15) is 0 Å². The predicted octanol–water partition coefficient (Wildman–Crippen LogP) is -0.169. The Labute approximate surface area is 69.6 Å². The van der Waals surface area contributed by atoms with Gasteiger partial charge in [-0.3, -0.25) is 28.2 Å². The van der Waals surface area contributed by atoms with Gasteiger partial charge in [-0.1, -0.05) is 0 Å². The number of hydrogen-bond donors (Lipinski definition) is 3. The van der Waals surface area contributed by atoms with Gasteiger partial charge in [0.1, 0.15) is 0 Å². The summed E-state index contributed by atoms with van der Waals surface area (Å²) in [5.41, 5.74) is 0. The summed E-state index contributed by atoms with van der Waals surface area (Å²) in [4.78, 5) is 21.6. The van der Waals surface area contributed by atoms with Gasteiger partial charge in [0.05, 0.1) is 0 Å². The maximum Gasteiger partial charge on any atom is 2.00 e. The van der Waals surface area contributed by atoms with Crippen LogP contribution in [0.5, 0.6) is 0 Å². The van der Waals surface area contributed by atoms with Gasteiger partial charge in [-0.15, -0.1) is 0 Å². The first kappa shape index (κ1) is 93.9. The third-order valence-electron chi connectivity index (χ3n) is 0. The second kappa shape index (κ2) is 30.7. The van der Waals surface area contributed by atoms with E-state index < -0.39 is 7.82 Å². The zero-order chi connectivity index (χ0) is 4.50. The van der Waals surface area contributed by atoms with E-state index in [1.54, 1.807) is 0 Å². The molecule has 0 atom stereocenters. The number of halogens is 6. The summed E-state index contributed by atoms with van der Waals surface area (Å²) in [6.45, 7) is 0. The molecule has 4 nitrogen and oxygen atoms in total. The van der Waals surface area contributed by atoms with Crippen LogP contribution in [0.15, 0.2) is 0 Å². The number of phosphoric acid groups is 1. The maximum absolute atomic E-state index is 8.88. The minimum atomic E-state index is -4.64. The molecular formula is H11BeF6O4P. The van der Waals surface area contributed by atoms with Crippen LogP contribution in [0.25, 0.3) is 0 Å². The molecule has 0 aliphatic carbocycles. The Morgan fingerprint density at radius 3 is 0.750 bits per heavy atom. The van der Waals surface area contributed by atoms with Gasteiger partial charge in [-0.25, -0.2) is 4.57 Å². The van der Waals surface area contributed by atoms with Crippen molar-refractivity contribution >= 4 is 17.9 Å². The SMILES string of the molecule is F.F.F.F.F.F.O=P(O)(O)O.[Be+2].[H-].[H-]. The molecule has 0 aromatic carbocycles. The van der Waals surface area contributed by atoms with E-state index in [1.807, 2.05) is 0 Å². The number of rotatable bonds is 0. The molecule has 0 aromatic heterocycles. The van der Waals surface area contributed by atoms with Gasteiger partial charge in [-0.05, 0) is 0 Å². The van der Waals surface area contributed by atoms with E-state index in [-0.39, 0.29) is 41.2 Å². The van der Waals surface area contributed by atoms with Crippen molar-refractivity contribution in [3.8, 4) is 0 Å². The monoisotopic (exact) mass is 229 g/mol. The fourth-order valence-electron chi connectivity index (χ4n) is 0. The molecule has 0 aliphatic heterocycles. The van der Waals surface area contributed by atoms with Gasteiger partial charge >= 0.3 is 17.9 Å². The van der Waals surface area contributed by atoms with Crippen LogP contribution in [0.4, 0.5) is 28.2 Å². The molecule has 0 saturated carbocycles. The van der Waals surface area contributed by atoms with Crippen LogP contribution in [0, 0.1) is 0 Å². The summed E-state index contributed by atoms with van der Waals surface area (Å²) in [5, 5.41) is 0. The van der Waals surface area contributed by atoms with Crippen molar-refractivity contribution in [3.05, 3.63) is 0 Å². The standard InChI is InChI=1S/Be.6FH.H3O4P.2H/c;;;;;;;1-5(2,3)4;;/h;6*1H;(H3,1,2,3,4);;/q+2;;;;;;;;2*-1. The normalized spacial score (nSPS) is 4.92. The van der Waals surface area contributed by atoms with Gasteiger partial charge in [0.2, 0.25) is 0 Å². The molecule has 0 rings (SSSR count). The summed E-state index contributed by atoms with van der Waals surface area (Å²) in [5.74, 6) is 0. The van der Waals surface area contributed by atoms with Crippen LogP contribution in [-0.4, -0.2) is 24.8 Å². The maximum atomic E-state index is 8.88. The van der Waals surface area contributed by atoms with E-state index in [1.165, 1.54) is 0 Å². The summed E-state index contributed by atoms with van der Waals surface area (Å²) >= 11 is 0.